The van der Waals surface area contributed by atoms with Crippen LogP contribution in [0.3, 0.4) is 0 Å². The fourth-order valence-corrected chi connectivity index (χ4v) is 3.23. The van der Waals surface area contributed by atoms with Crippen molar-refractivity contribution >= 4 is 22.5 Å². The topological polar surface area (TPSA) is 72.1 Å². The van der Waals surface area contributed by atoms with E-state index in [0.29, 0.717) is 34.7 Å². The number of nitrogens with zero attached hydrogens (tertiary/aromatic N) is 3. The number of aromatic nitrogens is 2. The summed E-state index contributed by atoms with van der Waals surface area (Å²) in [4.78, 5) is 19.8. The largest absolute Gasteiger partial charge is 0.409 e. The molecule has 1 atom stereocenters. The molecular weight excluding hydrogens is 400 g/mol. The van der Waals surface area contributed by atoms with Crippen LogP contribution in [0.2, 0.25) is 0 Å². The van der Waals surface area contributed by atoms with Gasteiger partial charge in [0.15, 0.2) is 5.82 Å². The predicted molar refractivity (Wildman–Crippen MR) is 104 cm³/mol. The highest BCUT2D eigenvalue weighted by Crippen LogP contribution is 2.34. The van der Waals surface area contributed by atoms with Crippen LogP contribution in [0.25, 0.3) is 21.9 Å². The number of hydrogen-bond donors (Lipinski definition) is 1. The highest BCUT2D eigenvalue weighted by molar-refractivity contribution is 5.96. The van der Waals surface area contributed by atoms with Gasteiger partial charge >= 0.3 is 6.18 Å². The smallest absolute Gasteiger partial charge is 0.315 e. The van der Waals surface area contributed by atoms with Gasteiger partial charge in [0, 0.05) is 29.3 Å². The molecule has 1 aliphatic carbocycles. The number of nitrogens with two attached hydrogens (primary N) is 1. The Morgan fingerprint density at radius 3 is 2.50 bits per heavy atom. The number of halogens is 4. The third kappa shape index (κ3) is 3.85. The monoisotopic (exact) mass is 418 g/mol. The zero-order valence-corrected chi connectivity index (χ0v) is 15.9. The summed E-state index contributed by atoms with van der Waals surface area (Å²) in [5.41, 5.74) is 6.94. The van der Waals surface area contributed by atoms with Crippen molar-refractivity contribution in [2.75, 3.05) is 5.12 Å². The van der Waals surface area contributed by atoms with E-state index in [1.54, 1.807) is 25.1 Å². The van der Waals surface area contributed by atoms with Gasteiger partial charge in [0.05, 0.1) is 5.69 Å². The summed E-state index contributed by atoms with van der Waals surface area (Å²) in [6, 6.07) is 5.93. The van der Waals surface area contributed by atoms with E-state index in [1.807, 2.05) is 0 Å². The summed E-state index contributed by atoms with van der Waals surface area (Å²) in [5, 5.41) is 1.46. The lowest BCUT2D eigenvalue weighted by atomic mass is 9.99. The van der Waals surface area contributed by atoms with Crippen LogP contribution in [0.1, 0.15) is 30.1 Å². The fourth-order valence-electron chi connectivity index (χ4n) is 3.23. The SMILES string of the molecule is Cc1cc([C@@H](N)C(F)(F)F)ncc1-c1ccc2cc(N(F)C(=O)C3CC3)ncc2c1. The molecule has 0 unspecified atom stereocenters. The molecule has 2 aromatic heterocycles. The van der Waals surface area contributed by atoms with Crippen LogP contribution >= 0.6 is 0 Å². The number of benzene rings is 1. The summed E-state index contributed by atoms with van der Waals surface area (Å²) < 4.78 is 52.7. The van der Waals surface area contributed by atoms with Crippen molar-refractivity contribution in [2.24, 2.45) is 11.7 Å². The molecule has 0 spiro atoms. The maximum absolute atomic E-state index is 14.3. The molecule has 0 bridgehead atoms. The number of hydrogen-bond acceptors (Lipinski definition) is 4. The van der Waals surface area contributed by atoms with E-state index in [-0.39, 0.29) is 22.6 Å². The predicted octanol–water partition coefficient (Wildman–Crippen LogP) is 4.79. The molecule has 0 radical (unpaired) electrons. The van der Waals surface area contributed by atoms with E-state index in [4.69, 9.17) is 5.73 Å². The second kappa shape index (κ2) is 7.32. The van der Waals surface area contributed by atoms with Crippen LogP contribution in [-0.2, 0) is 4.79 Å². The minimum absolute atomic E-state index is 0.0736. The van der Waals surface area contributed by atoms with Crippen LogP contribution in [0.4, 0.5) is 23.5 Å². The molecule has 2 N–H and O–H groups in total. The maximum atomic E-state index is 14.3. The Morgan fingerprint density at radius 2 is 1.87 bits per heavy atom. The van der Waals surface area contributed by atoms with Crippen LogP contribution in [0.15, 0.2) is 42.7 Å². The van der Waals surface area contributed by atoms with Gasteiger partial charge in [-0.05, 0) is 54.5 Å². The van der Waals surface area contributed by atoms with Crippen molar-refractivity contribution in [3.8, 4) is 11.1 Å². The van der Waals surface area contributed by atoms with Gasteiger partial charge in [-0.2, -0.15) is 13.2 Å². The molecule has 0 saturated heterocycles. The van der Waals surface area contributed by atoms with Crippen molar-refractivity contribution in [1.29, 1.82) is 0 Å². The molecule has 5 nitrogen and oxygen atoms in total. The first-order chi connectivity index (χ1) is 14.1. The number of amides is 1. The molecule has 156 valence electrons. The lowest BCUT2D eigenvalue weighted by Crippen LogP contribution is -2.29. The summed E-state index contributed by atoms with van der Waals surface area (Å²) >= 11 is 0. The van der Waals surface area contributed by atoms with Crippen LogP contribution in [-0.4, -0.2) is 22.1 Å². The lowest BCUT2D eigenvalue weighted by Gasteiger charge is -2.16. The summed E-state index contributed by atoms with van der Waals surface area (Å²) in [5.74, 6) is -0.924. The molecule has 1 aliphatic rings. The van der Waals surface area contributed by atoms with E-state index in [2.05, 4.69) is 9.97 Å². The number of rotatable bonds is 4. The molecule has 0 aliphatic heterocycles. The van der Waals surface area contributed by atoms with E-state index < -0.39 is 18.1 Å². The molecule has 3 aromatic rings. The summed E-state index contributed by atoms with van der Waals surface area (Å²) in [6.07, 6.45) is -0.376. The number of pyridine rings is 2. The van der Waals surface area contributed by atoms with Crippen molar-refractivity contribution in [3.05, 3.63) is 54.0 Å². The third-order valence-electron chi connectivity index (χ3n) is 5.14. The number of anilines is 1. The second-order valence-corrected chi connectivity index (χ2v) is 7.44. The zero-order chi connectivity index (χ0) is 21.6. The Kier molecular flexibility index (Phi) is 4.93. The van der Waals surface area contributed by atoms with Gasteiger partial charge < -0.3 is 5.73 Å². The average Bonchev–Trinajstić information content (AvgIpc) is 3.56. The van der Waals surface area contributed by atoms with Gasteiger partial charge in [-0.3, -0.25) is 9.78 Å². The van der Waals surface area contributed by atoms with Crippen LogP contribution < -0.4 is 10.9 Å². The van der Waals surface area contributed by atoms with Gasteiger partial charge in [0.1, 0.15) is 6.04 Å². The lowest BCUT2D eigenvalue weighted by molar-refractivity contribution is -0.150. The molecule has 1 aromatic carbocycles. The van der Waals surface area contributed by atoms with E-state index >= 15 is 0 Å². The summed E-state index contributed by atoms with van der Waals surface area (Å²) in [6.45, 7) is 1.68. The second-order valence-electron chi connectivity index (χ2n) is 7.44. The average molecular weight is 418 g/mol. The quantitative estimate of drug-likeness (QED) is 0.488. The Balaban J connectivity index is 1.63. The maximum Gasteiger partial charge on any atom is 0.409 e. The normalized spacial score (nSPS) is 15.3. The van der Waals surface area contributed by atoms with Gasteiger partial charge in [-0.1, -0.05) is 16.6 Å². The molecule has 2 heterocycles. The van der Waals surface area contributed by atoms with Gasteiger partial charge in [-0.15, -0.1) is 5.12 Å². The minimum Gasteiger partial charge on any atom is -0.315 e. The first-order valence-electron chi connectivity index (χ1n) is 9.34. The molecule has 9 heteroatoms. The van der Waals surface area contributed by atoms with Crippen molar-refractivity contribution in [2.45, 2.75) is 32.0 Å². The Labute approximate surface area is 169 Å². The molecule has 1 fully saturated rings. The summed E-state index contributed by atoms with van der Waals surface area (Å²) in [7, 11) is 0. The van der Waals surface area contributed by atoms with Crippen LogP contribution in [0.5, 0.6) is 0 Å². The van der Waals surface area contributed by atoms with Crippen LogP contribution in [0, 0.1) is 12.8 Å². The van der Waals surface area contributed by atoms with E-state index in [9.17, 15) is 22.4 Å². The zero-order valence-electron chi connectivity index (χ0n) is 15.9. The van der Waals surface area contributed by atoms with Gasteiger partial charge in [0.2, 0.25) is 0 Å². The number of alkyl halides is 3. The third-order valence-corrected chi connectivity index (χ3v) is 5.14. The Hall–Kier alpha value is -3.07. The number of carbonyl (C=O) groups excluding carboxylic acids is 1. The van der Waals surface area contributed by atoms with Gasteiger partial charge in [0.25, 0.3) is 5.91 Å². The fraction of sp³-hybridized carbons (Fsp3) is 0.286. The molecule has 4 rings (SSSR count). The van der Waals surface area contributed by atoms with Gasteiger partial charge in [-0.25, -0.2) is 4.98 Å². The first-order valence-corrected chi connectivity index (χ1v) is 9.34. The Morgan fingerprint density at radius 1 is 1.13 bits per heavy atom. The van der Waals surface area contributed by atoms with E-state index in [1.165, 1.54) is 24.5 Å². The number of fused-ring (bicyclic) bond motifs is 1. The number of aryl methyl sites for hydroxylation is 1. The molecule has 1 saturated carbocycles. The molecule has 1 amide bonds. The van der Waals surface area contributed by atoms with Crippen molar-refractivity contribution < 1.29 is 22.4 Å². The first kappa shape index (κ1) is 20.2. The molecular formula is C21H18F4N4O. The highest BCUT2D eigenvalue weighted by atomic mass is 19.4. The number of carbonyl (C=O) groups is 1. The Bertz CT molecular complexity index is 1130. The van der Waals surface area contributed by atoms with Crippen molar-refractivity contribution in [3.63, 3.8) is 0 Å². The standard InChI is InChI=1S/C21H18F4N4O/c1-11-6-17(19(26)21(22,23)24)27-10-16(11)14-5-4-13-8-18(28-9-15(13)7-14)29(25)20(30)12-2-3-12/h4-10,12,19H,2-3,26H2,1H3/t19-/m1/s1. The molecule has 30 heavy (non-hydrogen) atoms. The minimum atomic E-state index is -4.57. The highest BCUT2D eigenvalue weighted by Gasteiger charge is 2.39. The van der Waals surface area contributed by atoms with E-state index in [0.717, 1.165) is 5.56 Å². The van der Waals surface area contributed by atoms with Crippen molar-refractivity contribution in [1.82, 2.24) is 9.97 Å².